The molecule has 0 aliphatic heterocycles. The van der Waals surface area contributed by atoms with Crippen LogP contribution in [0, 0.1) is 0 Å². The third kappa shape index (κ3) is 4.05. The number of aromatic nitrogens is 1. The predicted octanol–water partition coefficient (Wildman–Crippen LogP) is 3.36. The second-order valence-corrected chi connectivity index (χ2v) is 7.70. The highest BCUT2D eigenvalue weighted by atomic mass is 35.7. The van der Waals surface area contributed by atoms with Gasteiger partial charge in [-0.1, -0.05) is 44.2 Å². The van der Waals surface area contributed by atoms with Crippen LogP contribution in [0.25, 0.3) is 11.1 Å². The fourth-order valence-corrected chi connectivity index (χ4v) is 3.33. The molecule has 0 aliphatic carbocycles. The van der Waals surface area contributed by atoms with Crippen molar-refractivity contribution in [2.45, 2.75) is 31.6 Å². The summed E-state index contributed by atoms with van der Waals surface area (Å²) in [6, 6.07) is 8.78. The van der Waals surface area contributed by atoms with E-state index in [2.05, 4.69) is 4.98 Å². The maximum atomic E-state index is 12.4. The molecule has 0 aliphatic rings. The number of benzene rings is 1. The van der Waals surface area contributed by atoms with Gasteiger partial charge in [0.1, 0.15) is 4.90 Å². The minimum atomic E-state index is -4.23. The Morgan fingerprint density at radius 2 is 1.60 bits per heavy atom. The Kier molecular flexibility index (Phi) is 5.92. The topological polar surface area (TPSA) is 84.4 Å². The van der Waals surface area contributed by atoms with Crippen LogP contribution in [0.3, 0.4) is 0 Å². The number of hydrogen-bond acceptors (Lipinski definition) is 5. The second-order valence-electron chi connectivity index (χ2n) is 5.17. The Morgan fingerprint density at radius 1 is 1.04 bits per heavy atom. The van der Waals surface area contributed by atoms with Crippen molar-refractivity contribution in [2.24, 2.45) is 0 Å². The van der Waals surface area contributed by atoms with E-state index in [1.807, 2.05) is 0 Å². The molecule has 0 unspecified atom stereocenters. The van der Waals surface area contributed by atoms with Gasteiger partial charge < -0.3 is 0 Å². The molecule has 0 saturated heterocycles. The van der Waals surface area contributed by atoms with E-state index in [1.165, 1.54) is 6.20 Å². The Labute approximate surface area is 150 Å². The average molecular weight is 381 g/mol. The number of imide groups is 1. The summed E-state index contributed by atoms with van der Waals surface area (Å²) in [5, 5.41) is 0. The summed E-state index contributed by atoms with van der Waals surface area (Å²) in [5.41, 5.74) is 0.894. The maximum Gasteiger partial charge on any atom is 0.264 e. The molecule has 8 heteroatoms. The van der Waals surface area contributed by atoms with Gasteiger partial charge in [-0.25, -0.2) is 13.3 Å². The molecule has 0 N–H and O–H groups in total. The summed E-state index contributed by atoms with van der Waals surface area (Å²) in [5.74, 6) is -1.03. The summed E-state index contributed by atoms with van der Waals surface area (Å²) < 4.78 is 24.1. The van der Waals surface area contributed by atoms with Crippen LogP contribution >= 0.6 is 10.7 Å². The van der Waals surface area contributed by atoms with E-state index < -0.39 is 20.9 Å². The normalized spacial score (nSPS) is 11.2. The zero-order valence-corrected chi connectivity index (χ0v) is 15.3. The lowest BCUT2D eigenvalue weighted by molar-refractivity contribution is -0.126. The largest absolute Gasteiger partial charge is 0.274 e. The molecular formula is C17H17ClN2O4S. The van der Waals surface area contributed by atoms with E-state index in [-0.39, 0.29) is 23.4 Å². The van der Waals surface area contributed by atoms with Crippen molar-refractivity contribution in [3.05, 3.63) is 42.7 Å². The molecule has 0 radical (unpaired) electrons. The van der Waals surface area contributed by atoms with Crippen molar-refractivity contribution in [3.63, 3.8) is 0 Å². The standard InChI is InChI=1S/C17H17ClN2O4S/c1-3-15(21)20(16(22)4-2)17-13(12-8-6-5-7-9-12)10-19-11-14(17)25(18,23)24/h5-11H,3-4H2,1-2H3. The highest BCUT2D eigenvalue weighted by Gasteiger charge is 2.31. The number of carbonyl (C=O) groups is 2. The third-order valence-electron chi connectivity index (χ3n) is 3.56. The summed E-state index contributed by atoms with van der Waals surface area (Å²) in [6.07, 6.45) is 2.52. The van der Waals surface area contributed by atoms with Gasteiger partial charge in [-0.05, 0) is 5.56 Å². The first-order valence-corrected chi connectivity index (χ1v) is 9.96. The molecular weight excluding hydrogens is 364 g/mol. The van der Waals surface area contributed by atoms with E-state index in [1.54, 1.807) is 44.2 Å². The van der Waals surface area contributed by atoms with Crippen molar-refractivity contribution in [1.29, 1.82) is 0 Å². The van der Waals surface area contributed by atoms with Crippen LogP contribution in [0.4, 0.5) is 5.69 Å². The number of amides is 2. The molecule has 1 aromatic heterocycles. The van der Waals surface area contributed by atoms with Crippen LogP contribution in [0.1, 0.15) is 26.7 Å². The van der Waals surface area contributed by atoms with E-state index in [0.717, 1.165) is 11.1 Å². The summed E-state index contributed by atoms with van der Waals surface area (Å²) in [7, 11) is 1.32. The van der Waals surface area contributed by atoms with Gasteiger partial charge in [-0.3, -0.25) is 14.6 Å². The zero-order chi connectivity index (χ0) is 18.6. The number of carbonyl (C=O) groups excluding carboxylic acids is 2. The molecule has 0 bridgehead atoms. The molecule has 0 saturated carbocycles. The van der Waals surface area contributed by atoms with Crippen LogP contribution in [0.2, 0.25) is 0 Å². The van der Waals surface area contributed by atoms with Crippen LogP contribution in [0.5, 0.6) is 0 Å². The molecule has 1 heterocycles. The quantitative estimate of drug-likeness (QED) is 0.742. The molecule has 25 heavy (non-hydrogen) atoms. The number of nitrogens with zero attached hydrogens (tertiary/aromatic N) is 2. The average Bonchev–Trinajstić information content (AvgIpc) is 2.61. The van der Waals surface area contributed by atoms with E-state index in [4.69, 9.17) is 10.7 Å². The first-order valence-electron chi connectivity index (χ1n) is 7.65. The molecule has 0 atom stereocenters. The van der Waals surface area contributed by atoms with Crippen molar-refractivity contribution in [3.8, 4) is 11.1 Å². The molecule has 1 aromatic carbocycles. The minimum Gasteiger partial charge on any atom is -0.274 e. The van der Waals surface area contributed by atoms with Crippen molar-refractivity contribution >= 4 is 37.2 Å². The zero-order valence-electron chi connectivity index (χ0n) is 13.8. The summed E-state index contributed by atoms with van der Waals surface area (Å²) >= 11 is 0. The van der Waals surface area contributed by atoms with Gasteiger partial charge in [0.05, 0.1) is 5.69 Å². The number of rotatable bonds is 5. The number of hydrogen-bond donors (Lipinski definition) is 0. The van der Waals surface area contributed by atoms with Crippen LogP contribution in [-0.4, -0.2) is 25.2 Å². The van der Waals surface area contributed by atoms with E-state index in [9.17, 15) is 18.0 Å². The molecule has 132 valence electrons. The van der Waals surface area contributed by atoms with Gasteiger partial charge in [0.2, 0.25) is 11.8 Å². The third-order valence-corrected chi connectivity index (χ3v) is 4.88. The lowest BCUT2D eigenvalue weighted by atomic mass is 10.0. The second kappa shape index (κ2) is 7.76. The SMILES string of the molecule is CCC(=O)N(C(=O)CC)c1c(-c2ccccc2)cncc1S(=O)(=O)Cl. The van der Waals surface area contributed by atoms with Crippen molar-refractivity contribution < 1.29 is 18.0 Å². The van der Waals surface area contributed by atoms with Gasteiger partial charge >= 0.3 is 0 Å². The van der Waals surface area contributed by atoms with Gasteiger partial charge in [0.15, 0.2) is 0 Å². The Bertz CT molecular complexity index is 882. The fraction of sp³-hybridized carbons (Fsp3) is 0.235. The molecule has 0 spiro atoms. The molecule has 2 aromatic rings. The highest BCUT2D eigenvalue weighted by molar-refractivity contribution is 8.13. The summed E-state index contributed by atoms with van der Waals surface area (Å²) in [4.78, 5) is 29.3. The van der Waals surface area contributed by atoms with Gasteiger partial charge in [-0.2, -0.15) is 0 Å². The monoisotopic (exact) mass is 380 g/mol. The molecule has 0 fully saturated rings. The first kappa shape index (κ1) is 19.1. The fourth-order valence-electron chi connectivity index (χ4n) is 2.38. The molecule has 2 amide bonds. The van der Waals surface area contributed by atoms with Gasteiger partial charge in [0.25, 0.3) is 9.05 Å². The predicted molar refractivity (Wildman–Crippen MR) is 95.8 cm³/mol. The maximum absolute atomic E-state index is 12.4. The Hall–Kier alpha value is -2.25. The summed E-state index contributed by atoms with van der Waals surface area (Å²) in [6.45, 7) is 3.19. The van der Waals surface area contributed by atoms with Crippen molar-refractivity contribution in [1.82, 2.24) is 4.98 Å². The molecule has 6 nitrogen and oxygen atoms in total. The van der Waals surface area contributed by atoms with Crippen LogP contribution < -0.4 is 4.90 Å². The minimum absolute atomic E-state index is 0.0318. The lowest BCUT2D eigenvalue weighted by Gasteiger charge is -2.24. The highest BCUT2D eigenvalue weighted by Crippen LogP contribution is 2.37. The van der Waals surface area contributed by atoms with Gasteiger partial charge in [0, 0.05) is 41.5 Å². The Balaban J connectivity index is 2.88. The van der Waals surface area contributed by atoms with Crippen LogP contribution in [-0.2, 0) is 18.6 Å². The molecule has 2 rings (SSSR count). The number of pyridine rings is 1. The van der Waals surface area contributed by atoms with Crippen molar-refractivity contribution in [2.75, 3.05) is 4.90 Å². The smallest absolute Gasteiger partial charge is 0.264 e. The van der Waals surface area contributed by atoms with Crippen LogP contribution in [0.15, 0.2) is 47.6 Å². The Morgan fingerprint density at radius 3 is 2.08 bits per heavy atom. The van der Waals surface area contributed by atoms with E-state index >= 15 is 0 Å². The van der Waals surface area contributed by atoms with Gasteiger partial charge in [-0.15, -0.1) is 0 Å². The first-order chi connectivity index (χ1) is 11.8. The van der Waals surface area contributed by atoms with E-state index in [0.29, 0.717) is 11.1 Å². The lowest BCUT2D eigenvalue weighted by Crippen LogP contribution is -2.37. The number of halogens is 1. The number of anilines is 1.